The molecule has 0 spiro atoms. The van der Waals surface area contributed by atoms with Crippen LogP contribution in [0.5, 0.6) is 11.5 Å². The van der Waals surface area contributed by atoms with E-state index in [1.54, 1.807) is 18.4 Å². The highest BCUT2D eigenvalue weighted by Crippen LogP contribution is 2.48. The first-order chi connectivity index (χ1) is 11.7. The summed E-state index contributed by atoms with van der Waals surface area (Å²) in [5.41, 5.74) is 5.92. The summed E-state index contributed by atoms with van der Waals surface area (Å²) in [6.07, 6.45) is 1.80. The first kappa shape index (κ1) is 16.6. The Morgan fingerprint density at radius 3 is 2.60 bits per heavy atom. The molecule has 0 aliphatic carbocycles. The monoisotopic (exact) mass is 355 g/mol. The minimum atomic E-state index is -0.215. The van der Waals surface area contributed by atoms with Gasteiger partial charge in [-0.2, -0.15) is 0 Å². The third-order valence-electron chi connectivity index (χ3n) is 4.98. The molecule has 1 aromatic carbocycles. The van der Waals surface area contributed by atoms with Crippen LogP contribution in [0.25, 0.3) is 0 Å². The average Bonchev–Trinajstić information content (AvgIpc) is 3.06. The number of fused-ring (bicyclic) bond motifs is 3. The van der Waals surface area contributed by atoms with Crippen molar-refractivity contribution in [3.05, 3.63) is 44.6 Å². The Morgan fingerprint density at radius 2 is 1.96 bits per heavy atom. The fourth-order valence-corrected chi connectivity index (χ4v) is 4.92. The molecule has 4 heteroatoms. The molecule has 0 atom stereocenters. The van der Waals surface area contributed by atoms with E-state index in [1.165, 1.54) is 27.1 Å². The van der Waals surface area contributed by atoms with Gasteiger partial charge in [0.2, 0.25) is 0 Å². The van der Waals surface area contributed by atoms with Crippen LogP contribution in [0.3, 0.4) is 0 Å². The molecule has 0 bridgehead atoms. The number of nitrogens with zero attached hydrogens (tertiary/aromatic N) is 1. The van der Waals surface area contributed by atoms with E-state index in [9.17, 15) is 0 Å². The van der Waals surface area contributed by atoms with Gasteiger partial charge in [0.15, 0.2) is 11.5 Å². The van der Waals surface area contributed by atoms with Crippen molar-refractivity contribution in [2.75, 3.05) is 7.11 Å². The lowest BCUT2D eigenvalue weighted by Crippen LogP contribution is -2.30. The molecule has 0 N–H and O–H groups in total. The van der Waals surface area contributed by atoms with E-state index < -0.39 is 0 Å². The maximum atomic E-state index is 6.25. The third-order valence-corrected chi connectivity index (χ3v) is 6.00. The van der Waals surface area contributed by atoms with E-state index in [0.29, 0.717) is 0 Å². The molecular weight excluding hydrogens is 330 g/mol. The van der Waals surface area contributed by atoms with Crippen molar-refractivity contribution in [1.29, 1.82) is 0 Å². The molecule has 25 heavy (non-hydrogen) atoms. The van der Waals surface area contributed by atoms with E-state index in [4.69, 9.17) is 14.5 Å². The van der Waals surface area contributed by atoms with Crippen LogP contribution in [0.15, 0.2) is 22.5 Å². The number of hydrogen-bond donors (Lipinski definition) is 0. The molecule has 0 unspecified atom stereocenters. The summed E-state index contributed by atoms with van der Waals surface area (Å²) in [6, 6.07) is 4.34. The van der Waals surface area contributed by atoms with Gasteiger partial charge in [-0.15, -0.1) is 11.3 Å². The van der Waals surface area contributed by atoms with Gasteiger partial charge in [-0.3, -0.25) is 4.99 Å². The van der Waals surface area contributed by atoms with Gasteiger partial charge in [0.25, 0.3) is 0 Å². The fourth-order valence-electron chi connectivity index (χ4n) is 4.00. The summed E-state index contributed by atoms with van der Waals surface area (Å²) < 4.78 is 11.9. The quantitative estimate of drug-likeness (QED) is 0.763. The number of rotatable bonds is 2. The largest absolute Gasteiger partial charge is 0.493 e. The molecule has 3 heterocycles. The smallest absolute Gasteiger partial charge is 0.166 e. The minimum Gasteiger partial charge on any atom is -0.493 e. The number of hydrogen-bond acceptors (Lipinski definition) is 4. The van der Waals surface area contributed by atoms with Gasteiger partial charge in [-0.05, 0) is 69.7 Å². The van der Waals surface area contributed by atoms with E-state index in [0.717, 1.165) is 30.1 Å². The molecule has 0 saturated carbocycles. The zero-order chi connectivity index (χ0) is 18.0. The van der Waals surface area contributed by atoms with Crippen LogP contribution in [-0.4, -0.2) is 24.0 Å². The zero-order valence-electron chi connectivity index (χ0n) is 15.8. The van der Waals surface area contributed by atoms with Crippen molar-refractivity contribution in [2.24, 2.45) is 4.99 Å². The zero-order valence-corrected chi connectivity index (χ0v) is 16.6. The highest BCUT2D eigenvalue weighted by Gasteiger charge is 2.40. The van der Waals surface area contributed by atoms with Crippen molar-refractivity contribution in [2.45, 2.75) is 58.6 Å². The summed E-state index contributed by atoms with van der Waals surface area (Å²) in [5.74, 6) is 1.74. The Balaban J connectivity index is 2.01. The lowest BCUT2D eigenvalue weighted by molar-refractivity contribution is 0.134. The topological polar surface area (TPSA) is 30.8 Å². The van der Waals surface area contributed by atoms with Crippen molar-refractivity contribution in [1.82, 2.24) is 0 Å². The Morgan fingerprint density at radius 1 is 1.20 bits per heavy atom. The third kappa shape index (κ3) is 2.67. The molecule has 0 radical (unpaired) electrons. The normalized spacial score (nSPS) is 19.7. The molecule has 3 nitrogen and oxygen atoms in total. The number of methoxy groups -OCH3 is 1. The van der Waals surface area contributed by atoms with Crippen molar-refractivity contribution >= 4 is 17.0 Å². The predicted octanol–water partition coefficient (Wildman–Crippen LogP) is 4.95. The SMILES string of the molecule is COc1cc2c(c3c1OC(C)(C)C3)C(c1sccc1C)=NC(C)(C)C2. The van der Waals surface area contributed by atoms with Crippen LogP contribution in [0.2, 0.25) is 0 Å². The van der Waals surface area contributed by atoms with Gasteiger partial charge in [-0.25, -0.2) is 0 Å². The summed E-state index contributed by atoms with van der Waals surface area (Å²) in [7, 11) is 1.73. The molecule has 2 aliphatic heterocycles. The second kappa shape index (κ2) is 5.34. The Hall–Kier alpha value is -1.81. The molecular formula is C21H25NO2S. The Bertz CT molecular complexity index is 890. The lowest BCUT2D eigenvalue weighted by Gasteiger charge is -2.30. The number of aryl methyl sites for hydroxylation is 1. The van der Waals surface area contributed by atoms with E-state index in [2.05, 4.69) is 52.1 Å². The molecule has 0 fully saturated rings. The van der Waals surface area contributed by atoms with Crippen molar-refractivity contribution in [3.8, 4) is 11.5 Å². The Kier molecular flexibility index (Phi) is 3.56. The van der Waals surface area contributed by atoms with Gasteiger partial charge in [0.05, 0.1) is 23.2 Å². The van der Waals surface area contributed by atoms with Crippen molar-refractivity contribution < 1.29 is 9.47 Å². The van der Waals surface area contributed by atoms with Gasteiger partial charge in [0.1, 0.15) is 5.60 Å². The first-order valence-corrected chi connectivity index (χ1v) is 9.65. The highest BCUT2D eigenvalue weighted by molar-refractivity contribution is 7.12. The molecule has 0 saturated heterocycles. The van der Waals surface area contributed by atoms with Gasteiger partial charge in [-0.1, -0.05) is 0 Å². The first-order valence-electron chi connectivity index (χ1n) is 8.77. The number of ether oxygens (including phenoxy) is 2. The second-order valence-corrected chi connectivity index (χ2v) is 9.26. The summed E-state index contributed by atoms with van der Waals surface area (Å²) in [4.78, 5) is 6.44. The molecule has 1 aromatic heterocycles. The van der Waals surface area contributed by atoms with Crippen LogP contribution < -0.4 is 9.47 Å². The number of thiophene rings is 1. The summed E-state index contributed by atoms with van der Waals surface area (Å²) in [6.45, 7) is 10.9. The summed E-state index contributed by atoms with van der Waals surface area (Å²) in [5, 5.41) is 2.15. The second-order valence-electron chi connectivity index (χ2n) is 8.34. The van der Waals surface area contributed by atoms with Gasteiger partial charge >= 0.3 is 0 Å². The maximum absolute atomic E-state index is 6.25. The number of benzene rings is 1. The number of aliphatic imine (C=N–C) groups is 1. The van der Waals surface area contributed by atoms with Crippen LogP contribution in [-0.2, 0) is 12.8 Å². The van der Waals surface area contributed by atoms with E-state index in [1.807, 2.05) is 0 Å². The minimum absolute atomic E-state index is 0.118. The van der Waals surface area contributed by atoms with Crippen LogP contribution >= 0.6 is 11.3 Å². The van der Waals surface area contributed by atoms with Crippen molar-refractivity contribution in [3.63, 3.8) is 0 Å². The molecule has 2 aromatic rings. The van der Waals surface area contributed by atoms with E-state index in [-0.39, 0.29) is 11.1 Å². The molecule has 2 aliphatic rings. The average molecular weight is 356 g/mol. The highest BCUT2D eigenvalue weighted by atomic mass is 32.1. The van der Waals surface area contributed by atoms with Crippen LogP contribution in [0.4, 0.5) is 0 Å². The molecule has 0 amide bonds. The maximum Gasteiger partial charge on any atom is 0.166 e. The van der Waals surface area contributed by atoms with Crippen LogP contribution in [0.1, 0.15) is 54.8 Å². The van der Waals surface area contributed by atoms with E-state index >= 15 is 0 Å². The van der Waals surface area contributed by atoms with Gasteiger partial charge < -0.3 is 9.47 Å². The fraction of sp³-hybridized carbons (Fsp3) is 0.476. The summed E-state index contributed by atoms with van der Waals surface area (Å²) >= 11 is 1.77. The van der Waals surface area contributed by atoms with Crippen LogP contribution in [0, 0.1) is 6.92 Å². The standard InChI is InChI=1S/C21H25NO2S/c1-12-7-8-25-19(12)17-16-13(10-20(2,3)22-17)9-15(23-6)18-14(16)11-21(4,5)24-18/h7-9H,10-11H2,1-6H3. The lowest BCUT2D eigenvalue weighted by atomic mass is 9.82. The predicted molar refractivity (Wildman–Crippen MR) is 104 cm³/mol. The van der Waals surface area contributed by atoms with Gasteiger partial charge in [0, 0.05) is 17.5 Å². The Labute approximate surface area is 153 Å². The molecule has 4 rings (SSSR count). The molecule has 132 valence electrons.